The lowest BCUT2D eigenvalue weighted by atomic mass is 10.1. The van der Waals surface area contributed by atoms with Gasteiger partial charge in [0.15, 0.2) is 12.4 Å². The van der Waals surface area contributed by atoms with E-state index in [0.717, 1.165) is 4.90 Å². The number of carbonyl (C=O) groups excluding carboxylic acids is 4. The zero-order chi connectivity index (χ0) is 24.1. The van der Waals surface area contributed by atoms with Gasteiger partial charge in [0.1, 0.15) is 5.75 Å². The molecule has 1 atom stereocenters. The van der Waals surface area contributed by atoms with Crippen molar-refractivity contribution in [3.63, 3.8) is 0 Å². The van der Waals surface area contributed by atoms with E-state index in [0.29, 0.717) is 22.0 Å². The second kappa shape index (κ2) is 10.3. The molecule has 0 spiro atoms. The van der Waals surface area contributed by atoms with Crippen LogP contribution in [0.1, 0.15) is 27.1 Å². The molecule has 1 saturated heterocycles. The van der Waals surface area contributed by atoms with Crippen LogP contribution in [0.4, 0.5) is 5.69 Å². The van der Waals surface area contributed by atoms with Gasteiger partial charge in [-0.25, -0.2) is 14.7 Å². The summed E-state index contributed by atoms with van der Waals surface area (Å²) in [6, 6.07) is 17.8. The average molecular weight is 477 g/mol. The first kappa shape index (κ1) is 23.2. The number of imide groups is 1. The molecule has 9 heteroatoms. The number of hydrogen-bond acceptors (Lipinski definition) is 8. The molecule has 2 heterocycles. The van der Waals surface area contributed by atoms with Gasteiger partial charge in [0.25, 0.3) is 0 Å². The molecule has 3 aromatic rings. The van der Waals surface area contributed by atoms with Gasteiger partial charge >= 0.3 is 5.97 Å². The number of methoxy groups -OCH3 is 1. The van der Waals surface area contributed by atoms with Crippen molar-refractivity contribution < 1.29 is 28.7 Å². The van der Waals surface area contributed by atoms with E-state index in [2.05, 4.69) is 4.98 Å². The summed E-state index contributed by atoms with van der Waals surface area (Å²) >= 11 is 1.24. The fourth-order valence-electron chi connectivity index (χ4n) is 3.35. The summed E-state index contributed by atoms with van der Waals surface area (Å²) in [5.74, 6) is -1.07. The molecule has 34 heavy (non-hydrogen) atoms. The average Bonchev–Trinajstić information content (AvgIpc) is 3.15. The predicted molar refractivity (Wildman–Crippen MR) is 125 cm³/mol. The topological polar surface area (TPSA) is 103 Å². The van der Waals surface area contributed by atoms with Gasteiger partial charge in [0.2, 0.25) is 11.8 Å². The molecule has 2 aromatic carbocycles. The van der Waals surface area contributed by atoms with Crippen LogP contribution in [0, 0.1) is 0 Å². The van der Waals surface area contributed by atoms with Crippen molar-refractivity contribution in [3.05, 3.63) is 84.1 Å². The van der Waals surface area contributed by atoms with Crippen LogP contribution < -0.4 is 9.64 Å². The molecular weight excluding hydrogens is 456 g/mol. The molecule has 1 aromatic heterocycles. The third-order valence-electron chi connectivity index (χ3n) is 5.11. The molecule has 2 amide bonds. The summed E-state index contributed by atoms with van der Waals surface area (Å²) < 4.78 is 10.2. The van der Waals surface area contributed by atoms with E-state index in [9.17, 15) is 19.2 Å². The predicted octanol–water partition coefficient (Wildman–Crippen LogP) is 3.55. The van der Waals surface area contributed by atoms with Crippen LogP contribution in [0.25, 0.3) is 0 Å². The van der Waals surface area contributed by atoms with Crippen LogP contribution >= 0.6 is 11.8 Å². The van der Waals surface area contributed by atoms with Gasteiger partial charge in [0.05, 0.1) is 28.6 Å². The van der Waals surface area contributed by atoms with Gasteiger partial charge in [-0.15, -0.1) is 0 Å². The van der Waals surface area contributed by atoms with Gasteiger partial charge in [-0.2, -0.15) is 0 Å². The molecule has 1 aliphatic heterocycles. The molecule has 0 radical (unpaired) electrons. The summed E-state index contributed by atoms with van der Waals surface area (Å²) in [5, 5.41) is 0.105. The summed E-state index contributed by atoms with van der Waals surface area (Å²) in [7, 11) is 1.53. The van der Waals surface area contributed by atoms with Crippen LogP contribution in [-0.4, -0.2) is 47.5 Å². The molecular formula is C25H20N2O6S. The molecule has 8 nitrogen and oxygen atoms in total. The Balaban J connectivity index is 1.36. The number of Topliss-reactive ketones (excluding diaryl/α,β-unsaturated/α-hetero) is 1. The number of esters is 1. The Labute approximate surface area is 199 Å². The Bertz CT molecular complexity index is 1210. The first-order chi connectivity index (χ1) is 16.5. The van der Waals surface area contributed by atoms with Crippen molar-refractivity contribution in [2.75, 3.05) is 18.6 Å². The van der Waals surface area contributed by atoms with Crippen molar-refractivity contribution in [2.45, 2.75) is 16.7 Å². The SMILES string of the molecule is COc1ccc(C(=O)COC(=O)c2ccc(N3C(=O)CC(Sc4ccccn4)C3=O)cc2)cc1. The van der Waals surface area contributed by atoms with E-state index in [1.165, 1.54) is 43.1 Å². The maximum absolute atomic E-state index is 12.8. The van der Waals surface area contributed by atoms with Crippen molar-refractivity contribution in [2.24, 2.45) is 0 Å². The van der Waals surface area contributed by atoms with E-state index in [4.69, 9.17) is 9.47 Å². The molecule has 1 fully saturated rings. The van der Waals surface area contributed by atoms with Crippen molar-refractivity contribution in [1.29, 1.82) is 0 Å². The Morgan fingerprint density at radius 1 is 1.00 bits per heavy atom. The lowest BCUT2D eigenvalue weighted by Crippen LogP contribution is -2.31. The number of ketones is 1. The van der Waals surface area contributed by atoms with E-state index in [-0.39, 0.29) is 29.6 Å². The summed E-state index contributed by atoms with van der Waals surface area (Å²) in [4.78, 5) is 55.2. The van der Waals surface area contributed by atoms with E-state index in [1.54, 1.807) is 42.6 Å². The number of aromatic nitrogens is 1. The monoisotopic (exact) mass is 476 g/mol. The molecule has 172 valence electrons. The zero-order valence-corrected chi connectivity index (χ0v) is 19.0. The quantitative estimate of drug-likeness (QED) is 0.276. The Hall–Kier alpha value is -3.98. The lowest BCUT2D eigenvalue weighted by Gasteiger charge is -2.15. The highest BCUT2D eigenvalue weighted by atomic mass is 32.2. The molecule has 0 N–H and O–H groups in total. The molecule has 1 aliphatic rings. The summed E-state index contributed by atoms with van der Waals surface area (Å²) in [6.07, 6.45) is 1.70. The minimum atomic E-state index is -0.684. The van der Waals surface area contributed by atoms with Crippen molar-refractivity contribution in [3.8, 4) is 5.75 Å². The summed E-state index contributed by atoms with van der Waals surface area (Å²) in [6.45, 7) is -0.414. The van der Waals surface area contributed by atoms with E-state index < -0.39 is 17.8 Å². The van der Waals surface area contributed by atoms with E-state index in [1.807, 2.05) is 6.07 Å². The highest BCUT2D eigenvalue weighted by Crippen LogP contribution is 2.33. The minimum Gasteiger partial charge on any atom is -0.497 e. The Morgan fingerprint density at radius 2 is 1.71 bits per heavy atom. The molecule has 0 bridgehead atoms. The largest absolute Gasteiger partial charge is 0.497 e. The first-order valence-electron chi connectivity index (χ1n) is 10.3. The number of pyridine rings is 1. The number of rotatable bonds is 8. The van der Waals surface area contributed by atoms with Crippen LogP contribution in [0.5, 0.6) is 5.75 Å². The van der Waals surface area contributed by atoms with Crippen LogP contribution in [0.15, 0.2) is 78.0 Å². The third kappa shape index (κ3) is 5.15. The second-order valence-corrected chi connectivity index (χ2v) is 8.54. The van der Waals surface area contributed by atoms with Crippen LogP contribution in [0.2, 0.25) is 0 Å². The number of benzene rings is 2. The number of ether oxygens (including phenoxy) is 2. The Morgan fingerprint density at radius 3 is 2.35 bits per heavy atom. The number of thioether (sulfide) groups is 1. The number of nitrogens with zero attached hydrogens (tertiary/aromatic N) is 2. The second-order valence-electron chi connectivity index (χ2n) is 7.32. The fourth-order valence-corrected chi connectivity index (χ4v) is 4.35. The van der Waals surface area contributed by atoms with E-state index >= 15 is 0 Å². The minimum absolute atomic E-state index is 0.0668. The van der Waals surface area contributed by atoms with Gasteiger partial charge in [-0.3, -0.25) is 14.4 Å². The molecule has 1 unspecified atom stereocenters. The molecule has 4 rings (SSSR count). The van der Waals surface area contributed by atoms with Crippen LogP contribution in [0.3, 0.4) is 0 Å². The normalized spacial score (nSPS) is 15.3. The number of amides is 2. The van der Waals surface area contributed by atoms with Gasteiger partial charge in [0, 0.05) is 18.2 Å². The van der Waals surface area contributed by atoms with Crippen LogP contribution in [-0.2, 0) is 14.3 Å². The standard InChI is InChI=1S/C25H20N2O6S/c1-32-19-11-7-16(8-12-19)20(28)15-33-25(31)17-5-9-18(10-6-17)27-23(29)14-21(24(27)30)34-22-4-2-3-13-26-22/h2-13,21H,14-15H2,1H3. The maximum atomic E-state index is 12.8. The van der Waals surface area contributed by atoms with Gasteiger partial charge < -0.3 is 9.47 Å². The number of anilines is 1. The smallest absolute Gasteiger partial charge is 0.338 e. The first-order valence-corrected chi connectivity index (χ1v) is 11.2. The van der Waals surface area contributed by atoms with Crippen molar-refractivity contribution in [1.82, 2.24) is 4.98 Å². The van der Waals surface area contributed by atoms with Gasteiger partial charge in [-0.1, -0.05) is 17.8 Å². The Kier molecular flexibility index (Phi) is 7.03. The third-order valence-corrected chi connectivity index (χ3v) is 6.25. The zero-order valence-electron chi connectivity index (χ0n) is 18.2. The molecule has 0 aliphatic carbocycles. The molecule has 0 saturated carbocycles. The highest BCUT2D eigenvalue weighted by molar-refractivity contribution is 8.00. The summed E-state index contributed by atoms with van der Waals surface area (Å²) in [5.41, 5.74) is 0.961. The number of hydrogen-bond donors (Lipinski definition) is 0. The lowest BCUT2D eigenvalue weighted by molar-refractivity contribution is -0.121. The maximum Gasteiger partial charge on any atom is 0.338 e. The van der Waals surface area contributed by atoms with Gasteiger partial charge in [-0.05, 0) is 60.7 Å². The fraction of sp³-hybridized carbons (Fsp3) is 0.160. The van der Waals surface area contributed by atoms with Crippen molar-refractivity contribution >= 4 is 41.0 Å². The number of carbonyl (C=O) groups is 4. The highest BCUT2D eigenvalue weighted by Gasteiger charge is 2.40.